The second-order valence-electron chi connectivity index (χ2n) is 6.19. The fourth-order valence-corrected chi connectivity index (χ4v) is 3.25. The number of hydrogen-bond acceptors (Lipinski definition) is 5. The van der Waals surface area contributed by atoms with Crippen LogP contribution in [0.1, 0.15) is 30.1 Å². The lowest BCUT2D eigenvalue weighted by Crippen LogP contribution is -2.35. The van der Waals surface area contributed by atoms with Crippen LogP contribution in [-0.4, -0.2) is 37.6 Å². The highest BCUT2D eigenvalue weighted by molar-refractivity contribution is 5.40. The zero-order valence-electron chi connectivity index (χ0n) is 13.7. The first-order valence-electron chi connectivity index (χ1n) is 8.28. The summed E-state index contributed by atoms with van der Waals surface area (Å²) in [6.07, 6.45) is 9.41. The van der Waals surface area contributed by atoms with Gasteiger partial charge in [0.15, 0.2) is 0 Å². The molecule has 0 aliphatic carbocycles. The molecule has 3 aromatic rings. The molecule has 122 valence electrons. The molecule has 0 spiro atoms. The minimum absolute atomic E-state index is 0.414. The van der Waals surface area contributed by atoms with E-state index in [1.165, 1.54) is 0 Å². The number of anilines is 1. The average Bonchev–Trinajstić information content (AvgIpc) is 3.17. The molecule has 1 atom stereocenters. The number of pyridine rings is 1. The number of aromatic nitrogens is 5. The maximum atomic E-state index is 4.85. The standard InChI is InChI=1S/C18H20N6/c1-14-10-18(21-12-20-14)23-8-3-4-15(11-23)16-5-2-6-17(22-16)24-9-7-19-13-24/h2,5-7,9-10,12-13,15H,3-4,8,11H2,1H3/t15-/m0/s1. The van der Waals surface area contributed by atoms with Gasteiger partial charge in [-0.15, -0.1) is 0 Å². The molecule has 0 saturated carbocycles. The van der Waals surface area contributed by atoms with E-state index >= 15 is 0 Å². The summed E-state index contributed by atoms with van der Waals surface area (Å²) in [6, 6.07) is 8.27. The van der Waals surface area contributed by atoms with Gasteiger partial charge in [-0.25, -0.2) is 19.9 Å². The molecule has 1 fully saturated rings. The Balaban J connectivity index is 1.57. The summed E-state index contributed by atoms with van der Waals surface area (Å²) >= 11 is 0. The normalized spacial score (nSPS) is 17.9. The van der Waals surface area contributed by atoms with Crippen molar-refractivity contribution < 1.29 is 0 Å². The Labute approximate surface area is 141 Å². The van der Waals surface area contributed by atoms with E-state index < -0.39 is 0 Å². The van der Waals surface area contributed by atoms with E-state index in [1.807, 2.05) is 23.8 Å². The minimum Gasteiger partial charge on any atom is -0.356 e. The van der Waals surface area contributed by atoms with Gasteiger partial charge in [-0.2, -0.15) is 0 Å². The van der Waals surface area contributed by atoms with Gasteiger partial charge in [-0.3, -0.25) is 4.57 Å². The molecule has 4 heterocycles. The molecule has 6 nitrogen and oxygen atoms in total. The Hall–Kier alpha value is -2.76. The highest BCUT2D eigenvalue weighted by atomic mass is 15.2. The fourth-order valence-electron chi connectivity index (χ4n) is 3.25. The van der Waals surface area contributed by atoms with E-state index in [2.05, 4.69) is 38.1 Å². The topological polar surface area (TPSA) is 59.7 Å². The third kappa shape index (κ3) is 2.99. The Kier molecular flexibility index (Phi) is 3.94. The molecule has 0 radical (unpaired) electrons. The summed E-state index contributed by atoms with van der Waals surface area (Å²) < 4.78 is 1.94. The molecule has 0 unspecified atom stereocenters. The predicted octanol–water partition coefficient (Wildman–Crippen LogP) is 2.75. The van der Waals surface area contributed by atoms with Crippen LogP contribution in [0.15, 0.2) is 49.3 Å². The van der Waals surface area contributed by atoms with E-state index in [-0.39, 0.29) is 0 Å². The van der Waals surface area contributed by atoms with Crippen LogP contribution >= 0.6 is 0 Å². The Morgan fingerprint density at radius 2 is 2.12 bits per heavy atom. The molecule has 1 saturated heterocycles. The number of hydrogen-bond donors (Lipinski definition) is 0. The van der Waals surface area contributed by atoms with Gasteiger partial charge in [0.25, 0.3) is 0 Å². The molecular formula is C18H20N6. The van der Waals surface area contributed by atoms with Crippen LogP contribution in [0.4, 0.5) is 5.82 Å². The van der Waals surface area contributed by atoms with Crippen molar-refractivity contribution >= 4 is 5.82 Å². The van der Waals surface area contributed by atoms with Crippen LogP contribution in [0, 0.1) is 6.92 Å². The summed E-state index contributed by atoms with van der Waals surface area (Å²) in [6.45, 7) is 3.98. The number of imidazole rings is 1. The molecule has 1 aliphatic rings. The van der Waals surface area contributed by atoms with Crippen molar-refractivity contribution in [2.75, 3.05) is 18.0 Å². The van der Waals surface area contributed by atoms with Gasteiger partial charge in [0.1, 0.15) is 24.3 Å². The third-order valence-electron chi connectivity index (χ3n) is 4.48. The summed E-state index contributed by atoms with van der Waals surface area (Å²) in [5.41, 5.74) is 2.14. The minimum atomic E-state index is 0.414. The monoisotopic (exact) mass is 320 g/mol. The third-order valence-corrected chi connectivity index (χ3v) is 4.48. The number of rotatable bonds is 3. The molecule has 3 aromatic heterocycles. The van der Waals surface area contributed by atoms with Gasteiger partial charge in [0, 0.05) is 48.9 Å². The molecule has 0 bridgehead atoms. The molecule has 0 amide bonds. The summed E-state index contributed by atoms with van der Waals surface area (Å²) in [5, 5.41) is 0. The molecule has 0 N–H and O–H groups in total. The van der Waals surface area contributed by atoms with Crippen LogP contribution in [0.2, 0.25) is 0 Å². The van der Waals surface area contributed by atoms with Crippen LogP contribution in [0.3, 0.4) is 0 Å². The summed E-state index contributed by atoms with van der Waals surface area (Å²) in [4.78, 5) is 19.9. The van der Waals surface area contributed by atoms with Crippen LogP contribution in [-0.2, 0) is 0 Å². The van der Waals surface area contributed by atoms with Crippen molar-refractivity contribution in [3.63, 3.8) is 0 Å². The average molecular weight is 320 g/mol. The van der Waals surface area contributed by atoms with Gasteiger partial charge >= 0.3 is 0 Å². The van der Waals surface area contributed by atoms with Crippen LogP contribution in [0.5, 0.6) is 0 Å². The van der Waals surface area contributed by atoms with E-state index in [0.29, 0.717) is 5.92 Å². The summed E-state index contributed by atoms with van der Waals surface area (Å²) in [5.74, 6) is 2.34. The summed E-state index contributed by atoms with van der Waals surface area (Å²) in [7, 11) is 0. The molecule has 6 heteroatoms. The smallest absolute Gasteiger partial charge is 0.138 e. The zero-order valence-corrected chi connectivity index (χ0v) is 13.7. The molecule has 24 heavy (non-hydrogen) atoms. The van der Waals surface area contributed by atoms with Crippen molar-refractivity contribution in [1.29, 1.82) is 0 Å². The second-order valence-corrected chi connectivity index (χ2v) is 6.19. The fraction of sp³-hybridized carbons (Fsp3) is 0.333. The van der Waals surface area contributed by atoms with E-state index in [0.717, 1.165) is 49.0 Å². The SMILES string of the molecule is Cc1cc(N2CCC[C@H](c3cccc(-n4ccnc4)n3)C2)ncn1. The van der Waals surface area contributed by atoms with Gasteiger partial charge in [-0.05, 0) is 31.9 Å². The quantitative estimate of drug-likeness (QED) is 0.742. The van der Waals surface area contributed by atoms with Crippen molar-refractivity contribution in [3.8, 4) is 5.82 Å². The van der Waals surface area contributed by atoms with Crippen LogP contribution < -0.4 is 4.90 Å². The zero-order chi connectivity index (χ0) is 16.4. The van der Waals surface area contributed by atoms with Gasteiger partial charge in [-0.1, -0.05) is 6.07 Å². The number of piperidine rings is 1. The molecule has 1 aliphatic heterocycles. The first-order valence-corrected chi connectivity index (χ1v) is 8.28. The first-order chi connectivity index (χ1) is 11.8. The Bertz CT molecular complexity index is 814. The van der Waals surface area contributed by atoms with Gasteiger partial charge in [0.05, 0.1) is 0 Å². The lowest BCUT2D eigenvalue weighted by molar-refractivity contribution is 0.498. The highest BCUT2D eigenvalue weighted by Crippen LogP contribution is 2.28. The van der Waals surface area contributed by atoms with Crippen molar-refractivity contribution in [2.45, 2.75) is 25.7 Å². The Morgan fingerprint density at radius 3 is 2.96 bits per heavy atom. The maximum absolute atomic E-state index is 4.85. The lowest BCUT2D eigenvalue weighted by Gasteiger charge is -2.33. The maximum Gasteiger partial charge on any atom is 0.138 e. The highest BCUT2D eigenvalue weighted by Gasteiger charge is 2.23. The Morgan fingerprint density at radius 1 is 1.17 bits per heavy atom. The van der Waals surface area contributed by atoms with E-state index in [1.54, 1.807) is 18.9 Å². The molecule has 4 rings (SSSR count). The number of nitrogens with zero attached hydrogens (tertiary/aromatic N) is 6. The predicted molar refractivity (Wildman–Crippen MR) is 92.3 cm³/mol. The van der Waals surface area contributed by atoms with Gasteiger partial charge in [0.2, 0.25) is 0 Å². The number of aryl methyl sites for hydroxylation is 1. The van der Waals surface area contributed by atoms with E-state index in [4.69, 9.17) is 4.98 Å². The second kappa shape index (κ2) is 6.39. The largest absolute Gasteiger partial charge is 0.356 e. The van der Waals surface area contributed by atoms with Crippen LogP contribution in [0.25, 0.3) is 5.82 Å². The van der Waals surface area contributed by atoms with Crippen molar-refractivity contribution in [2.24, 2.45) is 0 Å². The van der Waals surface area contributed by atoms with Crippen molar-refractivity contribution in [3.05, 3.63) is 60.7 Å². The molecule has 0 aromatic carbocycles. The van der Waals surface area contributed by atoms with Crippen molar-refractivity contribution in [1.82, 2.24) is 24.5 Å². The lowest BCUT2D eigenvalue weighted by atomic mass is 9.94. The van der Waals surface area contributed by atoms with Gasteiger partial charge < -0.3 is 4.90 Å². The van der Waals surface area contributed by atoms with E-state index in [9.17, 15) is 0 Å². The first kappa shape index (κ1) is 14.8. The molecular weight excluding hydrogens is 300 g/mol.